The number of hydrogen-bond acceptors (Lipinski definition) is 6. The molecule has 0 unspecified atom stereocenters. The van der Waals surface area contributed by atoms with E-state index in [1.807, 2.05) is 6.07 Å². The van der Waals surface area contributed by atoms with Gasteiger partial charge in [0.1, 0.15) is 5.75 Å². The molecule has 1 aromatic heterocycles. The normalized spacial score (nSPS) is 11.0. The molecule has 0 saturated heterocycles. The fourth-order valence-electron chi connectivity index (χ4n) is 2.59. The lowest BCUT2D eigenvalue weighted by molar-refractivity contribution is -0.111. The number of hydrogen-bond donors (Lipinski definition) is 1. The van der Waals surface area contributed by atoms with Gasteiger partial charge in [0, 0.05) is 17.0 Å². The minimum atomic E-state index is -2.96. The summed E-state index contributed by atoms with van der Waals surface area (Å²) in [6.45, 7) is -2.96. The van der Waals surface area contributed by atoms with Crippen LogP contribution in [0.15, 0.2) is 47.9 Å². The number of aromatic nitrogens is 1. The summed E-state index contributed by atoms with van der Waals surface area (Å²) in [7, 11) is 2.87. The zero-order chi connectivity index (χ0) is 22.4. The number of carbonyl (C=O) groups excluding carboxylic acids is 1. The summed E-state index contributed by atoms with van der Waals surface area (Å²) in [4.78, 5) is 16.6. The maximum atomic E-state index is 12.4. The van der Waals surface area contributed by atoms with E-state index in [1.165, 1.54) is 55.9 Å². The maximum Gasteiger partial charge on any atom is 0.387 e. The second-order valence-electron chi connectivity index (χ2n) is 6.00. The highest BCUT2D eigenvalue weighted by Crippen LogP contribution is 2.32. The zero-order valence-corrected chi connectivity index (χ0v) is 18.0. The number of halogens is 3. The van der Waals surface area contributed by atoms with E-state index in [1.54, 1.807) is 17.5 Å². The fourth-order valence-corrected chi connectivity index (χ4v) is 3.57. The molecule has 0 aliphatic carbocycles. The molecule has 3 aromatic rings. The molecule has 3 rings (SSSR count). The van der Waals surface area contributed by atoms with E-state index in [9.17, 15) is 13.6 Å². The van der Waals surface area contributed by atoms with Crippen LogP contribution < -0.4 is 19.5 Å². The van der Waals surface area contributed by atoms with Crippen LogP contribution in [0.25, 0.3) is 17.3 Å². The number of ether oxygens (including phenoxy) is 3. The van der Waals surface area contributed by atoms with E-state index in [0.29, 0.717) is 27.2 Å². The van der Waals surface area contributed by atoms with Crippen LogP contribution in [-0.4, -0.2) is 31.7 Å². The van der Waals surface area contributed by atoms with Crippen molar-refractivity contribution in [2.45, 2.75) is 6.61 Å². The van der Waals surface area contributed by atoms with Crippen LogP contribution >= 0.6 is 22.9 Å². The van der Waals surface area contributed by atoms with Crippen LogP contribution in [0.1, 0.15) is 5.56 Å². The quantitative estimate of drug-likeness (QED) is 0.429. The average molecular weight is 467 g/mol. The standard InChI is InChI=1S/C21H17ClF2N2O4S/c1-28-16-7-5-13(10-14(16)22)15-11-31-21(25-15)26-19(27)8-4-12-3-6-17(30-20(23)24)18(9-12)29-2/h3-11,20H,1-2H3,(H,25,26,27)/b8-4+. The molecule has 1 heterocycles. The molecule has 0 atom stereocenters. The topological polar surface area (TPSA) is 69.7 Å². The Morgan fingerprint density at radius 1 is 1.13 bits per heavy atom. The smallest absolute Gasteiger partial charge is 0.387 e. The predicted molar refractivity (Wildman–Crippen MR) is 116 cm³/mol. The number of amides is 1. The van der Waals surface area contributed by atoms with Gasteiger partial charge < -0.3 is 14.2 Å². The average Bonchev–Trinajstić information content (AvgIpc) is 3.21. The van der Waals surface area contributed by atoms with Gasteiger partial charge in [-0.2, -0.15) is 8.78 Å². The summed E-state index contributed by atoms with van der Waals surface area (Å²) in [5.74, 6) is 0.198. The van der Waals surface area contributed by atoms with Crippen molar-refractivity contribution < 1.29 is 27.8 Å². The molecular weight excluding hydrogens is 450 g/mol. The number of anilines is 1. The third-order valence-electron chi connectivity index (χ3n) is 4.01. The third-order valence-corrected chi connectivity index (χ3v) is 5.07. The Morgan fingerprint density at radius 3 is 2.55 bits per heavy atom. The Labute approximate surface area is 186 Å². The number of nitrogens with one attached hydrogen (secondary N) is 1. The molecule has 0 aliphatic heterocycles. The molecule has 10 heteroatoms. The number of thiazole rings is 1. The van der Waals surface area contributed by atoms with Crippen LogP contribution in [0.2, 0.25) is 5.02 Å². The van der Waals surface area contributed by atoms with E-state index >= 15 is 0 Å². The van der Waals surface area contributed by atoms with Crippen LogP contribution in [0.3, 0.4) is 0 Å². The highest BCUT2D eigenvalue weighted by atomic mass is 35.5. The number of nitrogens with zero attached hydrogens (tertiary/aromatic N) is 1. The number of carbonyl (C=O) groups is 1. The van der Waals surface area contributed by atoms with Crippen molar-refractivity contribution in [2.75, 3.05) is 19.5 Å². The van der Waals surface area contributed by atoms with Crippen LogP contribution in [0.4, 0.5) is 13.9 Å². The van der Waals surface area contributed by atoms with Crippen molar-refractivity contribution in [2.24, 2.45) is 0 Å². The summed E-state index contributed by atoms with van der Waals surface area (Å²) >= 11 is 7.41. The summed E-state index contributed by atoms with van der Waals surface area (Å²) in [6, 6.07) is 9.64. The summed E-state index contributed by atoms with van der Waals surface area (Å²) in [6.07, 6.45) is 2.81. The van der Waals surface area contributed by atoms with Crippen LogP contribution in [0, 0.1) is 0 Å². The minimum Gasteiger partial charge on any atom is -0.495 e. The van der Waals surface area contributed by atoms with E-state index in [4.69, 9.17) is 21.1 Å². The van der Waals surface area contributed by atoms with Gasteiger partial charge in [0.2, 0.25) is 5.91 Å². The molecule has 0 radical (unpaired) electrons. The number of benzene rings is 2. The molecular formula is C21H17ClF2N2O4S. The summed E-state index contributed by atoms with van der Waals surface area (Å²) < 4.78 is 39.3. The van der Waals surface area contributed by atoms with Crippen molar-refractivity contribution in [1.29, 1.82) is 0 Å². The molecule has 2 aromatic carbocycles. The summed E-state index contributed by atoms with van der Waals surface area (Å²) in [5.41, 5.74) is 2.02. The molecule has 0 bridgehead atoms. The largest absolute Gasteiger partial charge is 0.495 e. The van der Waals surface area contributed by atoms with E-state index in [0.717, 1.165) is 5.56 Å². The number of alkyl halides is 2. The zero-order valence-electron chi connectivity index (χ0n) is 16.4. The Kier molecular flexibility index (Phi) is 7.43. The lowest BCUT2D eigenvalue weighted by Gasteiger charge is -2.10. The van der Waals surface area contributed by atoms with Gasteiger partial charge >= 0.3 is 6.61 Å². The number of rotatable bonds is 8. The fraction of sp³-hybridized carbons (Fsp3) is 0.143. The molecule has 0 spiro atoms. The van der Waals surface area contributed by atoms with Gasteiger partial charge in [-0.3, -0.25) is 10.1 Å². The second kappa shape index (κ2) is 10.2. The second-order valence-corrected chi connectivity index (χ2v) is 7.26. The monoisotopic (exact) mass is 466 g/mol. The molecule has 1 amide bonds. The van der Waals surface area contributed by atoms with Crippen LogP contribution in [0.5, 0.6) is 17.2 Å². The van der Waals surface area contributed by atoms with E-state index < -0.39 is 12.5 Å². The van der Waals surface area contributed by atoms with Gasteiger partial charge in [0.25, 0.3) is 0 Å². The van der Waals surface area contributed by atoms with Gasteiger partial charge in [-0.05, 0) is 42.0 Å². The van der Waals surface area contributed by atoms with Crippen molar-refractivity contribution in [3.05, 3.63) is 58.4 Å². The molecule has 31 heavy (non-hydrogen) atoms. The highest BCUT2D eigenvalue weighted by molar-refractivity contribution is 7.14. The van der Waals surface area contributed by atoms with Gasteiger partial charge in [0.05, 0.1) is 24.9 Å². The van der Waals surface area contributed by atoms with Gasteiger partial charge in [-0.25, -0.2) is 4.98 Å². The first kappa shape index (κ1) is 22.5. The third kappa shape index (κ3) is 5.93. The molecule has 0 aliphatic rings. The van der Waals surface area contributed by atoms with Crippen molar-refractivity contribution >= 4 is 40.1 Å². The Bertz CT molecular complexity index is 1100. The van der Waals surface area contributed by atoms with Gasteiger partial charge in [-0.15, -0.1) is 11.3 Å². The van der Waals surface area contributed by atoms with E-state index in [2.05, 4.69) is 15.0 Å². The minimum absolute atomic E-state index is 0.0898. The Balaban J connectivity index is 1.66. The predicted octanol–water partition coefficient (Wildman–Crippen LogP) is 5.73. The molecule has 162 valence electrons. The first-order valence-electron chi connectivity index (χ1n) is 8.81. The van der Waals surface area contributed by atoms with Crippen molar-refractivity contribution in [3.8, 4) is 28.5 Å². The van der Waals surface area contributed by atoms with E-state index in [-0.39, 0.29) is 11.5 Å². The lowest BCUT2D eigenvalue weighted by Crippen LogP contribution is -2.07. The molecule has 0 fully saturated rings. The maximum absolute atomic E-state index is 12.4. The van der Waals surface area contributed by atoms with Gasteiger partial charge in [0.15, 0.2) is 16.6 Å². The first-order chi connectivity index (χ1) is 14.9. The SMILES string of the molecule is COc1ccc(-c2csc(NC(=O)/C=C/c3ccc(OC(F)F)c(OC)c3)n2)cc1Cl. The molecule has 0 saturated carbocycles. The Morgan fingerprint density at radius 2 is 1.87 bits per heavy atom. The number of methoxy groups -OCH3 is 2. The Hall–Kier alpha value is -3.17. The molecule has 1 N–H and O–H groups in total. The summed E-state index contributed by atoms with van der Waals surface area (Å²) in [5, 5.41) is 5.34. The van der Waals surface area contributed by atoms with Crippen LogP contribution in [-0.2, 0) is 4.79 Å². The van der Waals surface area contributed by atoms with Gasteiger partial charge in [-0.1, -0.05) is 17.7 Å². The van der Waals surface area contributed by atoms with Crippen molar-refractivity contribution in [3.63, 3.8) is 0 Å². The lowest BCUT2D eigenvalue weighted by atomic mass is 10.2. The first-order valence-corrected chi connectivity index (χ1v) is 10.1. The molecule has 6 nitrogen and oxygen atoms in total. The highest BCUT2D eigenvalue weighted by Gasteiger charge is 2.11. The van der Waals surface area contributed by atoms with Crippen molar-refractivity contribution in [1.82, 2.24) is 4.98 Å².